The lowest BCUT2D eigenvalue weighted by Crippen LogP contribution is -2.22. The third kappa shape index (κ3) is 5.14. The van der Waals surface area contributed by atoms with Crippen LogP contribution in [0.15, 0.2) is 52.4 Å². The number of nitro groups is 1. The van der Waals surface area contributed by atoms with E-state index in [0.717, 1.165) is 27.5 Å². The Morgan fingerprint density at radius 3 is 2.60 bits per heavy atom. The highest BCUT2D eigenvalue weighted by atomic mass is 32.2. The van der Waals surface area contributed by atoms with Gasteiger partial charge in [-0.1, -0.05) is 30.4 Å². The number of benzene rings is 2. The molecule has 1 aromatic heterocycles. The van der Waals surface area contributed by atoms with Crippen LogP contribution in [0.1, 0.15) is 12.5 Å². The maximum Gasteiger partial charge on any atom is 0.325 e. The summed E-state index contributed by atoms with van der Waals surface area (Å²) < 4.78 is 6.82. The van der Waals surface area contributed by atoms with Crippen LogP contribution in [0.2, 0.25) is 0 Å². The third-order valence-electron chi connectivity index (χ3n) is 4.20. The molecule has 2 aromatic carbocycles. The van der Waals surface area contributed by atoms with Crippen molar-refractivity contribution in [2.24, 2.45) is 4.99 Å². The van der Waals surface area contributed by atoms with E-state index in [-0.39, 0.29) is 24.6 Å². The molecule has 0 spiro atoms. The number of aromatic nitrogens is 1. The summed E-state index contributed by atoms with van der Waals surface area (Å²) in [6, 6.07) is 12.0. The first-order valence-corrected chi connectivity index (χ1v) is 10.9. The Morgan fingerprint density at radius 1 is 1.23 bits per heavy atom. The first kappa shape index (κ1) is 21.7. The van der Waals surface area contributed by atoms with Crippen molar-refractivity contribution in [2.45, 2.75) is 24.8 Å². The minimum Gasteiger partial charge on any atom is -0.468 e. The summed E-state index contributed by atoms with van der Waals surface area (Å²) >= 11 is 2.83. The number of nitrogens with zero attached hydrogens (tertiary/aromatic N) is 3. The Kier molecular flexibility index (Phi) is 7.01. The van der Waals surface area contributed by atoms with E-state index in [1.165, 1.54) is 23.8 Å². The summed E-state index contributed by atoms with van der Waals surface area (Å²) in [4.78, 5) is 40.5. The van der Waals surface area contributed by atoms with Gasteiger partial charge in [0.05, 0.1) is 28.7 Å². The van der Waals surface area contributed by atoms with Crippen LogP contribution in [-0.4, -0.2) is 34.2 Å². The molecule has 10 heteroatoms. The molecule has 0 aliphatic carbocycles. The number of esters is 1. The molecule has 0 saturated carbocycles. The molecule has 8 nitrogen and oxygen atoms in total. The molecule has 1 amide bonds. The zero-order valence-corrected chi connectivity index (χ0v) is 18.0. The number of methoxy groups -OCH3 is 1. The largest absolute Gasteiger partial charge is 0.468 e. The smallest absolute Gasteiger partial charge is 0.325 e. The van der Waals surface area contributed by atoms with Gasteiger partial charge in [-0.05, 0) is 29.5 Å². The predicted octanol–water partition coefficient (Wildman–Crippen LogP) is 3.57. The second-order valence-electron chi connectivity index (χ2n) is 6.22. The molecular formula is C20H19N3O5S2. The van der Waals surface area contributed by atoms with Crippen molar-refractivity contribution in [1.82, 2.24) is 4.57 Å². The Morgan fingerprint density at radius 2 is 1.97 bits per heavy atom. The topological polar surface area (TPSA) is 104 Å². The highest BCUT2D eigenvalue weighted by molar-refractivity contribution is 7.99. The summed E-state index contributed by atoms with van der Waals surface area (Å²) in [5, 5.41) is 11.1. The van der Waals surface area contributed by atoms with Crippen LogP contribution >= 0.6 is 23.1 Å². The fourth-order valence-corrected chi connectivity index (χ4v) is 4.54. The Hall–Kier alpha value is -2.98. The highest BCUT2D eigenvalue weighted by Crippen LogP contribution is 2.23. The molecule has 30 heavy (non-hydrogen) atoms. The molecule has 0 fully saturated rings. The minimum absolute atomic E-state index is 0.0723. The van der Waals surface area contributed by atoms with Crippen molar-refractivity contribution in [2.75, 3.05) is 12.9 Å². The van der Waals surface area contributed by atoms with E-state index in [0.29, 0.717) is 15.0 Å². The van der Waals surface area contributed by atoms with Crippen LogP contribution in [0.3, 0.4) is 0 Å². The standard InChI is InChI=1S/C20H19N3O5S2/c1-3-29-15-7-4-13(5-8-15)10-18(24)21-20-22(12-19(25)28-2)16-9-6-14(23(26)27)11-17(16)30-20/h4-9,11H,3,10,12H2,1-2H3. The van der Waals surface area contributed by atoms with Crippen molar-refractivity contribution in [3.63, 3.8) is 0 Å². The molecule has 0 atom stereocenters. The second kappa shape index (κ2) is 9.68. The molecule has 0 aliphatic rings. The normalized spacial score (nSPS) is 11.6. The number of hydrogen-bond donors (Lipinski definition) is 0. The van der Waals surface area contributed by atoms with Crippen LogP contribution in [-0.2, 0) is 27.3 Å². The predicted molar refractivity (Wildman–Crippen MR) is 116 cm³/mol. The Balaban J connectivity index is 1.96. The Labute approximate surface area is 180 Å². The zero-order valence-electron chi connectivity index (χ0n) is 16.4. The first-order chi connectivity index (χ1) is 14.4. The fraction of sp³-hybridized carbons (Fsp3) is 0.250. The van der Waals surface area contributed by atoms with Crippen molar-refractivity contribution in [3.05, 3.63) is 62.9 Å². The van der Waals surface area contributed by atoms with Gasteiger partial charge < -0.3 is 9.30 Å². The molecule has 0 N–H and O–H groups in total. The van der Waals surface area contributed by atoms with Gasteiger partial charge in [-0.15, -0.1) is 11.8 Å². The lowest BCUT2D eigenvalue weighted by molar-refractivity contribution is -0.384. The number of rotatable bonds is 7. The van der Waals surface area contributed by atoms with Crippen LogP contribution in [0.5, 0.6) is 0 Å². The average Bonchev–Trinajstić information content (AvgIpc) is 3.05. The molecule has 0 bridgehead atoms. The van der Waals surface area contributed by atoms with E-state index in [2.05, 4.69) is 11.9 Å². The number of ether oxygens (including phenoxy) is 1. The van der Waals surface area contributed by atoms with Crippen molar-refractivity contribution < 1.29 is 19.2 Å². The zero-order chi connectivity index (χ0) is 21.7. The van der Waals surface area contributed by atoms with E-state index in [9.17, 15) is 19.7 Å². The van der Waals surface area contributed by atoms with Gasteiger partial charge in [-0.2, -0.15) is 4.99 Å². The number of fused-ring (bicyclic) bond motifs is 1. The van der Waals surface area contributed by atoms with Crippen LogP contribution in [0.4, 0.5) is 5.69 Å². The van der Waals surface area contributed by atoms with Gasteiger partial charge in [0, 0.05) is 17.0 Å². The molecule has 1 heterocycles. The summed E-state index contributed by atoms with van der Waals surface area (Å²) in [5.41, 5.74) is 1.33. The van der Waals surface area contributed by atoms with Gasteiger partial charge in [0.15, 0.2) is 4.80 Å². The SMILES string of the molecule is CCSc1ccc(CC(=O)N=c2sc3cc([N+](=O)[O-])ccc3n2CC(=O)OC)cc1. The van der Waals surface area contributed by atoms with E-state index < -0.39 is 10.9 Å². The van der Waals surface area contributed by atoms with Gasteiger partial charge >= 0.3 is 5.97 Å². The molecule has 0 saturated heterocycles. The van der Waals surface area contributed by atoms with Gasteiger partial charge in [0.2, 0.25) is 0 Å². The van der Waals surface area contributed by atoms with E-state index in [4.69, 9.17) is 4.74 Å². The number of non-ortho nitro benzene ring substituents is 1. The number of carbonyl (C=O) groups is 2. The Bertz CT molecular complexity index is 1170. The van der Waals surface area contributed by atoms with Gasteiger partial charge in [0.1, 0.15) is 6.54 Å². The molecule has 0 radical (unpaired) electrons. The summed E-state index contributed by atoms with van der Waals surface area (Å²) in [5.74, 6) is 0.0919. The number of nitro benzene ring substituents is 1. The number of hydrogen-bond acceptors (Lipinski definition) is 7. The van der Waals surface area contributed by atoms with Crippen LogP contribution in [0, 0.1) is 10.1 Å². The van der Waals surface area contributed by atoms with Gasteiger partial charge in [0.25, 0.3) is 11.6 Å². The maximum atomic E-state index is 12.5. The number of amides is 1. The number of thioether (sulfide) groups is 1. The lowest BCUT2D eigenvalue weighted by atomic mass is 10.1. The molecular weight excluding hydrogens is 426 g/mol. The van der Waals surface area contributed by atoms with E-state index in [1.54, 1.807) is 17.8 Å². The second-order valence-corrected chi connectivity index (χ2v) is 8.56. The molecule has 0 aliphatic heterocycles. The summed E-state index contributed by atoms with van der Waals surface area (Å²) in [6.07, 6.45) is 0.115. The first-order valence-electron chi connectivity index (χ1n) is 9.05. The van der Waals surface area contributed by atoms with Crippen molar-refractivity contribution in [1.29, 1.82) is 0 Å². The van der Waals surface area contributed by atoms with E-state index >= 15 is 0 Å². The van der Waals surface area contributed by atoms with Crippen molar-refractivity contribution in [3.8, 4) is 0 Å². The molecule has 156 valence electrons. The van der Waals surface area contributed by atoms with Gasteiger partial charge in [-0.25, -0.2) is 0 Å². The van der Waals surface area contributed by atoms with E-state index in [1.807, 2.05) is 24.3 Å². The van der Waals surface area contributed by atoms with Gasteiger partial charge in [-0.3, -0.25) is 19.7 Å². The average molecular weight is 446 g/mol. The summed E-state index contributed by atoms with van der Waals surface area (Å²) in [7, 11) is 1.27. The monoisotopic (exact) mass is 445 g/mol. The molecule has 3 rings (SSSR count). The van der Waals surface area contributed by atoms with Crippen LogP contribution < -0.4 is 4.80 Å². The fourth-order valence-electron chi connectivity index (χ4n) is 2.80. The minimum atomic E-state index is -0.508. The summed E-state index contributed by atoms with van der Waals surface area (Å²) in [6.45, 7) is 1.92. The molecule has 3 aromatic rings. The quantitative estimate of drug-likeness (QED) is 0.238. The van der Waals surface area contributed by atoms with Crippen molar-refractivity contribution >= 4 is 50.9 Å². The lowest BCUT2D eigenvalue weighted by Gasteiger charge is -2.04. The third-order valence-corrected chi connectivity index (χ3v) is 6.14. The maximum absolute atomic E-state index is 12.5. The molecule has 0 unspecified atom stereocenters. The number of thiazole rings is 1. The highest BCUT2D eigenvalue weighted by Gasteiger charge is 2.15. The number of carbonyl (C=O) groups excluding carboxylic acids is 2. The van der Waals surface area contributed by atoms with Crippen LogP contribution in [0.25, 0.3) is 10.2 Å².